The SMILES string of the molecule is COc1cc(OC)c(C=NNC(=O)CCc2ccccc2)cc1Br. The summed E-state index contributed by atoms with van der Waals surface area (Å²) in [6.07, 6.45) is 2.61. The van der Waals surface area contributed by atoms with E-state index in [1.54, 1.807) is 26.5 Å². The second kappa shape index (κ2) is 9.08. The van der Waals surface area contributed by atoms with E-state index in [0.717, 1.165) is 15.6 Å². The van der Waals surface area contributed by atoms with Crippen LogP contribution in [-0.4, -0.2) is 26.3 Å². The third-order valence-electron chi connectivity index (χ3n) is 3.38. The van der Waals surface area contributed by atoms with Crippen molar-refractivity contribution in [3.8, 4) is 11.5 Å². The van der Waals surface area contributed by atoms with Crippen LogP contribution in [0.15, 0.2) is 52.0 Å². The number of ether oxygens (including phenoxy) is 2. The maximum absolute atomic E-state index is 11.8. The number of aryl methyl sites for hydroxylation is 1. The van der Waals surface area contributed by atoms with Gasteiger partial charge in [0.05, 0.1) is 24.9 Å². The topological polar surface area (TPSA) is 59.9 Å². The van der Waals surface area contributed by atoms with Crippen molar-refractivity contribution in [2.45, 2.75) is 12.8 Å². The molecule has 24 heavy (non-hydrogen) atoms. The minimum atomic E-state index is -0.137. The van der Waals surface area contributed by atoms with Gasteiger partial charge in [-0.15, -0.1) is 0 Å². The summed E-state index contributed by atoms with van der Waals surface area (Å²) in [5.74, 6) is 1.13. The summed E-state index contributed by atoms with van der Waals surface area (Å²) in [4.78, 5) is 11.8. The molecule has 0 spiro atoms. The highest BCUT2D eigenvalue weighted by molar-refractivity contribution is 9.10. The van der Waals surface area contributed by atoms with Crippen molar-refractivity contribution in [1.29, 1.82) is 0 Å². The molecule has 0 fully saturated rings. The van der Waals surface area contributed by atoms with Crippen LogP contribution in [-0.2, 0) is 11.2 Å². The number of methoxy groups -OCH3 is 2. The largest absolute Gasteiger partial charge is 0.496 e. The predicted molar refractivity (Wildman–Crippen MR) is 97.7 cm³/mol. The smallest absolute Gasteiger partial charge is 0.240 e. The number of amides is 1. The number of nitrogens with zero attached hydrogens (tertiary/aromatic N) is 1. The Balaban J connectivity index is 1.93. The van der Waals surface area contributed by atoms with Crippen LogP contribution in [0.5, 0.6) is 11.5 Å². The number of nitrogens with one attached hydrogen (secondary N) is 1. The average molecular weight is 391 g/mol. The van der Waals surface area contributed by atoms with Crippen molar-refractivity contribution in [3.63, 3.8) is 0 Å². The van der Waals surface area contributed by atoms with Crippen molar-refractivity contribution in [3.05, 3.63) is 58.1 Å². The summed E-state index contributed by atoms with van der Waals surface area (Å²) in [6, 6.07) is 13.4. The van der Waals surface area contributed by atoms with Crippen molar-refractivity contribution in [2.24, 2.45) is 5.10 Å². The Bertz CT molecular complexity index is 718. The molecule has 0 bridgehead atoms. The number of rotatable bonds is 7. The first kappa shape index (κ1) is 18.0. The van der Waals surface area contributed by atoms with Gasteiger partial charge in [-0.2, -0.15) is 5.10 Å². The van der Waals surface area contributed by atoms with Gasteiger partial charge in [-0.25, -0.2) is 5.43 Å². The van der Waals surface area contributed by atoms with Gasteiger partial charge < -0.3 is 9.47 Å². The lowest BCUT2D eigenvalue weighted by Crippen LogP contribution is -2.17. The predicted octanol–water partition coefficient (Wildman–Crippen LogP) is 3.55. The normalized spacial score (nSPS) is 10.6. The summed E-state index contributed by atoms with van der Waals surface area (Å²) in [7, 11) is 3.15. The second-order valence-corrected chi connectivity index (χ2v) is 5.86. The molecule has 0 saturated carbocycles. The quantitative estimate of drug-likeness (QED) is 0.580. The van der Waals surface area contributed by atoms with Gasteiger partial charge in [0, 0.05) is 18.1 Å². The number of hydrazone groups is 1. The summed E-state index contributed by atoms with van der Waals surface area (Å²) < 4.78 is 11.3. The third-order valence-corrected chi connectivity index (χ3v) is 4.00. The number of halogens is 1. The van der Waals surface area contributed by atoms with Crippen molar-refractivity contribution < 1.29 is 14.3 Å². The summed E-state index contributed by atoms with van der Waals surface area (Å²) in [5, 5.41) is 3.99. The standard InChI is InChI=1S/C18H19BrN2O3/c1-23-16-11-17(24-2)15(19)10-14(16)12-20-21-18(22)9-8-13-6-4-3-5-7-13/h3-7,10-12H,8-9H2,1-2H3,(H,21,22). The Morgan fingerprint density at radius 3 is 2.54 bits per heavy atom. The fraction of sp³-hybridized carbons (Fsp3) is 0.222. The van der Waals surface area contributed by atoms with E-state index >= 15 is 0 Å². The van der Waals surface area contributed by atoms with Crippen LogP contribution in [0.25, 0.3) is 0 Å². The van der Waals surface area contributed by atoms with E-state index in [9.17, 15) is 4.79 Å². The third kappa shape index (κ3) is 5.09. The lowest BCUT2D eigenvalue weighted by Gasteiger charge is -2.09. The first-order valence-electron chi connectivity index (χ1n) is 7.41. The molecular weight excluding hydrogens is 372 g/mol. The number of hydrogen-bond donors (Lipinski definition) is 1. The molecule has 126 valence electrons. The van der Waals surface area contributed by atoms with Gasteiger partial charge >= 0.3 is 0 Å². The van der Waals surface area contributed by atoms with Crippen LogP contribution in [0.4, 0.5) is 0 Å². The first-order chi connectivity index (χ1) is 11.6. The summed E-state index contributed by atoms with van der Waals surface area (Å²) in [6.45, 7) is 0. The highest BCUT2D eigenvalue weighted by atomic mass is 79.9. The van der Waals surface area contributed by atoms with Crippen LogP contribution >= 0.6 is 15.9 Å². The number of carbonyl (C=O) groups excluding carboxylic acids is 1. The molecule has 0 aromatic heterocycles. The number of carbonyl (C=O) groups is 1. The fourth-order valence-corrected chi connectivity index (χ4v) is 2.64. The van der Waals surface area contributed by atoms with Crippen LogP contribution in [0.2, 0.25) is 0 Å². The molecule has 2 aromatic rings. The van der Waals surface area contributed by atoms with Gasteiger partial charge in [-0.05, 0) is 34.0 Å². The van der Waals surface area contributed by atoms with Crippen molar-refractivity contribution >= 4 is 28.1 Å². The van der Waals surface area contributed by atoms with Crippen LogP contribution < -0.4 is 14.9 Å². The molecule has 6 heteroatoms. The number of benzene rings is 2. The van der Waals surface area contributed by atoms with Crippen LogP contribution in [0.1, 0.15) is 17.5 Å². The zero-order valence-electron chi connectivity index (χ0n) is 13.6. The molecule has 0 heterocycles. The average Bonchev–Trinajstić information content (AvgIpc) is 2.61. The van der Waals surface area contributed by atoms with Crippen LogP contribution in [0, 0.1) is 0 Å². The molecular formula is C18H19BrN2O3. The van der Waals surface area contributed by atoms with E-state index in [2.05, 4.69) is 26.5 Å². The highest BCUT2D eigenvalue weighted by Crippen LogP contribution is 2.31. The monoisotopic (exact) mass is 390 g/mol. The van der Waals surface area contributed by atoms with E-state index < -0.39 is 0 Å². The number of hydrogen-bond acceptors (Lipinski definition) is 4. The van der Waals surface area contributed by atoms with E-state index in [-0.39, 0.29) is 5.91 Å². The van der Waals surface area contributed by atoms with Gasteiger partial charge in [-0.3, -0.25) is 4.79 Å². The Labute approximate surface area is 149 Å². The summed E-state index contributed by atoms with van der Waals surface area (Å²) >= 11 is 3.41. The Kier molecular flexibility index (Phi) is 6.81. The Hall–Kier alpha value is -2.34. The molecule has 0 unspecified atom stereocenters. The van der Waals surface area contributed by atoms with E-state index in [1.807, 2.05) is 36.4 Å². The molecule has 1 amide bonds. The highest BCUT2D eigenvalue weighted by Gasteiger charge is 2.08. The maximum atomic E-state index is 11.8. The van der Waals surface area contributed by atoms with Crippen molar-refractivity contribution in [1.82, 2.24) is 5.43 Å². The molecule has 1 N–H and O–H groups in total. The molecule has 2 rings (SSSR count). The second-order valence-electron chi connectivity index (χ2n) is 5.01. The zero-order valence-corrected chi connectivity index (χ0v) is 15.2. The molecule has 0 atom stereocenters. The Morgan fingerprint density at radius 1 is 1.17 bits per heavy atom. The molecule has 5 nitrogen and oxygen atoms in total. The maximum Gasteiger partial charge on any atom is 0.240 e. The molecule has 0 aliphatic carbocycles. The van der Waals surface area contributed by atoms with Crippen LogP contribution in [0.3, 0.4) is 0 Å². The van der Waals surface area contributed by atoms with Crippen molar-refractivity contribution in [2.75, 3.05) is 14.2 Å². The van der Waals surface area contributed by atoms with Gasteiger partial charge in [-0.1, -0.05) is 30.3 Å². The van der Waals surface area contributed by atoms with Gasteiger partial charge in [0.25, 0.3) is 0 Å². The van der Waals surface area contributed by atoms with Gasteiger partial charge in [0.1, 0.15) is 11.5 Å². The molecule has 0 saturated heterocycles. The Morgan fingerprint density at radius 2 is 1.88 bits per heavy atom. The lowest BCUT2D eigenvalue weighted by molar-refractivity contribution is -0.121. The van der Waals surface area contributed by atoms with Gasteiger partial charge in [0.15, 0.2) is 0 Å². The summed E-state index contributed by atoms with van der Waals surface area (Å²) in [5.41, 5.74) is 4.38. The zero-order chi connectivity index (χ0) is 17.4. The minimum absolute atomic E-state index is 0.137. The van der Waals surface area contributed by atoms with Gasteiger partial charge in [0.2, 0.25) is 5.91 Å². The molecule has 2 aromatic carbocycles. The molecule has 0 radical (unpaired) electrons. The fourth-order valence-electron chi connectivity index (χ4n) is 2.12. The molecule has 0 aliphatic heterocycles. The van der Waals surface area contributed by atoms with E-state index in [4.69, 9.17) is 9.47 Å². The lowest BCUT2D eigenvalue weighted by atomic mass is 10.1. The van der Waals surface area contributed by atoms with E-state index in [1.165, 1.54) is 0 Å². The van der Waals surface area contributed by atoms with E-state index in [0.29, 0.717) is 24.3 Å². The first-order valence-corrected chi connectivity index (χ1v) is 8.20. The minimum Gasteiger partial charge on any atom is -0.496 e. The molecule has 0 aliphatic rings.